The summed E-state index contributed by atoms with van der Waals surface area (Å²) < 4.78 is 5.07. The molecule has 2 nitrogen and oxygen atoms in total. The molecule has 0 aromatic heterocycles. The highest BCUT2D eigenvalue weighted by Crippen LogP contribution is 2.37. The first-order valence-corrected chi connectivity index (χ1v) is 2.58. The maximum atomic E-state index is 5.35. The van der Waals surface area contributed by atoms with Crippen LogP contribution in [0.1, 0.15) is 12.8 Å². The Morgan fingerprint density at radius 3 is 2.29 bits per heavy atom. The van der Waals surface area contributed by atoms with Crippen molar-refractivity contribution in [3.8, 4) is 0 Å². The van der Waals surface area contributed by atoms with Crippen LogP contribution < -0.4 is 5.73 Å². The molecule has 0 heterocycles. The smallest absolute Gasteiger partial charge is 0.0802 e. The zero-order valence-corrected chi connectivity index (χ0v) is 4.61. The van der Waals surface area contributed by atoms with E-state index in [0.717, 1.165) is 12.8 Å². The molecular formula is C5H11NO. The van der Waals surface area contributed by atoms with Gasteiger partial charge in [-0.2, -0.15) is 0 Å². The normalized spacial score (nSPS) is 24.9. The minimum absolute atomic E-state index is 0.111. The van der Waals surface area contributed by atoms with E-state index in [-0.39, 0.29) is 5.60 Å². The Balaban J connectivity index is 2.28. The average molecular weight is 101 g/mol. The van der Waals surface area contributed by atoms with E-state index in [4.69, 9.17) is 10.5 Å². The molecule has 0 unspecified atom stereocenters. The van der Waals surface area contributed by atoms with Gasteiger partial charge in [0.25, 0.3) is 0 Å². The Kier molecular flexibility index (Phi) is 1.05. The van der Waals surface area contributed by atoms with Crippen LogP contribution in [-0.2, 0) is 4.74 Å². The first-order chi connectivity index (χ1) is 3.33. The number of hydrogen-bond donors (Lipinski definition) is 1. The highest BCUT2D eigenvalue weighted by molar-refractivity contribution is 4.95. The Hall–Kier alpha value is -0.0800. The summed E-state index contributed by atoms with van der Waals surface area (Å²) in [4.78, 5) is 0. The average Bonchev–Trinajstić information content (AvgIpc) is 2.46. The molecule has 2 N–H and O–H groups in total. The molecule has 1 rings (SSSR count). The molecule has 0 atom stereocenters. The standard InChI is InChI=1S/C5H11NO/c1-7-5(4-6)2-3-5/h2-4,6H2,1H3. The van der Waals surface area contributed by atoms with Crippen LogP contribution in [0.15, 0.2) is 0 Å². The van der Waals surface area contributed by atoms with Gasteiger partial charge in [0.15, 0.2) is 0 Å². The van der Waals surface area contributed by atoms with Gasteiger partial charge in [0.1, 0.15) is 0 Å². The number of rotatable bonds is 2. The van der Waals surface area contributed by atoms with Gasteiger partial charge in [-0.15, -0.1) is 0 Å². The molecule has 1 aliphatic carbocycles. The van der Waals surface area contributed by atoms with Gasteiger partial charge >= 0.3 is 0 Å². The summed E-state index contributed by atoms with van der Waals surface area (Å²) in [6.07, 6.45) is 2.31. The lowest BCUT2D eigenvalue weighted by Crippen LogP contribution is -2.23. The third-order valence-corrected chi connectivity index (χ3v) is 1.61. The van der Waals surface area contributed by atoms with Gasteiger partial charge < -0.3 is 10.5 Å². The fourth-order valence-corrected chi connectivity index (χ4v) is 0.631. The maximum absolute atomic E-state index is 5.35. The first-order valence-electron chi connectivity index (χ1n) is 2.58. The lowest BCUT2D eigenvalue weighted by molar-refractivity contribution is 0.0878. The number of hydrogen-bond acceptors (Lipinski definition) is 2. The molecule has 1 aliphatic rings. The minimum Gasteiger partial charge on any atom is -0.377 e. The third-order valence-electron chi connectivity index (χ3n) is 1.61. The van der Waals surface area contributed by atoms with Crippen LogP contribution in [0.4, 0.5) is 0 Å². The van der Waals surface area contributed by atoms with Gasteiger partial charge in [-0.05, 0) is 12.8 Å². The molecule has 0 saturated heterocycles. The van der Waals surface area contributed by atoms with Crippen molar-refractivity contribution in [1.82, 2.24) is 0 Å². The van der Waals surface area contributed by atoms with Crippen LogP contribution in [0, 0.1) is 0 Å². The molecule has 1 saturated carbocycles. The zero-order valence-electron chi connectivity index (χ0n) is 4.61. The summed E-state index contributed by atoms with van der Waals surface area (Å²) >= 11 is 0. The van der Waals surface area contributed by atoms with Crippen LogP contribution >= 0.6 is 0 Å². The van der Waals surface area contributed by atoms with Crippen LogP contribution in [0.25, 0.3) is 0 Å². The van der Waals surface area contributed by atoms with Crippen molar-refractivity contribution in [2.75, 3.05) is 13.7 Å². The second-order valence-corrected chi connectivity index (χ2v) is 2.09. The predicted octanol–water partition coefficient (Wildman–Crippen LogP) is 0.124. The lowest BCUT2D eigenvalue weighted by atomic mass is 10.3. The molecule has 42 valence electrons. The summed E-state index contributed by atoms with van der Waals surface area (Å²) in [7, 11) is 1.72. The highest BCUT2D eigenvalue weighted by Gasteiger charge is 2.41. The third kappa shape index (κ3) is 0.763. The Labute approximate surface area is 43.6 Å². The molecule has 0 bridgehead atoms. The van der Waals surface area contributed by atoms with Gasteiger partial charge in [0, 0.05) is 13.7 Å². The monoisotopic (exact) mass is 101 g/mol. The molecular weight excluding hydrogens is 90.1 g/mol. The van der Waals surface area contributed by atoms with E-state index in [9.17, 15) is 0 Å². The Morgan fingerprint density at radius 1 is 1.71 bits per heavy atom. The van der Waals surface area contributed by atoms with Crippen LogP contribution in [0.5, 0.6) is 0 Å². The largest absolute Gasteiger partial charge is 0.377 e. The fourth-order valence-electron chi connectivity index (χ4n) is 0.631. The number of methoxy groups -OCH3 is 1. The Bertz CT molecular complexity index is 62.5. The Morgan fingerprint density at radius 2 is 2.29 bits per heavy atom. The molecule has 1 fully saturated rings. The molecule has 0 aliphatic heterocycles. The molecule has 7 heavy (non-hydrogen) atoms. The van der Waals surface area contributed by atoms with E-state index >= 15 is 0 Å². The molecule has 0 radical (unpaired) electrons. The number of nitrogens with two attached hydrogens (primary N) is 1. The van der Waals surface area contributed by atoms with Crippen LogP contribution in [0.3, 0.4) is 0 Å². The van der Waals surface area contributed by atoms with Gasteiger partial charge in [-0.25, -0.2) is 0 Å². The second-order valence-electron chi connectivity index (χ2n) is 2.09. The summed E-state index contributed by atoms with van der Waals surface area (Å²) in [5.41, 5.74) is 5.47. The van der Waals surface area contributed by atoms with Gasteiger partial charge in [-0.1, -0.05) is 0 Å². The second kappa shape index (κ2) is 1.46. The van der Waals surface area contributed by atoms with Gasteiger partial charge in [0.05, 0.1) is 5.60 Å². The van der Waals surface area contributed by atoms with E-state index in [1.165, 1.54) is 0 Å². The molecule has 0 aromatic carbocycles. The van der Waals surface area contributed by atoms with Crippen molar-refractivity contribution in [2.24, 2.45) is 5.73 Å². The van der Waals surface area contributed by atoms with E-state index < -0.39 is 0 Å². The van der Waals surface area contributed by atoms with Crippen molar-refractivity contribution in [3.63, 3.8) is 0 Å². The summed E-state index contributed by atoms with van der Waals surface area (Å²) in [5.74, 6) is 0. The topological polar surface area (TPSA) is 35.2 Å². The minimum atomic E-state index is 0.111. The van der Waals surface area contributed by atoms with E-state index in [2.05, 4.69) is 0 Å². The lowest BCUT2D eigenvalue weighted by Gasteiger charge is -2.06. The van der Waals surface area contributed by atoms with Gasteiger partial charge in [0.2, 0.25) is 0 Å². The molecule has 0 spiro atoms. The fraction of sp³-hybridized carbons (Fsp3) is 1.00. The molecule has 0 aromatic rings. The van der Waals surface area contributed by atoms with Crippen molar-refractivity contribution in [2.45, 2.75) is 18.4 Å². The van der Waals surface area contributed by atoms with Crippen molar-refractivity contribution < 1.29 is 4.74 Å². The number of ether oxygens (including phenoxy) is 1. The van der Waals surface area contributed by atoms with E-state index in [1.807, 2.05) is 0 Å². The van der Waals surface area contributed by atoms with Gasteiger partial charge in [-0.3, -0.25) is 0 Å². The summed E-state index contributed by atoms with van der Waals surface area (Å²) in [6.45, 7) is 0.684. The van der Waals surface area contributed by atoms with E-state index in [1.54, 1.807) is 7.11 Å². The van der Waals surface area contributed by atoms with E-state index in [0.29, 0.717) is 6.54 Å². The van der Waals surface area contributed by atoms with Crippen LogP contribution in [0.2, 0.25) is 0 Å². The molecule has 0 amide bonds. The van der Waals surface area contributed by atoms with Crippen molar-refractivity contribution in [3.05, 3.63) is 0 Å². The summed E-state index contributed by atoms with van der Waals surface area (Å²) in [5, 5.41) is 0. The zero-order chi connectivity index (χ0) is 5.33. The first kappa shape index (κ1) is 5.06. The highest BCUT2D eigenvalue weighted by atomic mass is 16.5. The van der Waals surface area contributed by atoms with Crippen molar-refractivity contribution >= 4 is 0 Å². The predicted molar refractivity (Wildman–Crippen MR) is 28.0 cm³/mol. The maximum Gasteiger partial charge on any atom is 0.0802 e. The van der Waals surface area contributed by atoms with Crippen LogP contribution in [-0.4, -0.2) is 19.3 Å². The quantitative estimate of drug-likeness (QED) is 0.536. The van der Waals surface area contributed by atoms with Crippen molar-refractivity contribution in [1.29, 1.82) is 0 Å². The SMILES string of the molecule is COC1(CN)CC1. The molecule has 2 heteroatoms. The summed E-state index contributed by atoms with van der Waals surface area (Å²) in [6, 6.07) is 0.